The molecule has 2 heterocycles. The zero-order valence-corrected chi connectivity index (χ0v) is 13.4. The predicted octanol–water partition coefficient (Wildman–Crippen LogP) is 0.589. The number of amides is 2. The minimum Gasteiger partial charge on any atom is -0.497 e. The lowest BCUT2D eigenvalue weighted by atomic mass is 10.1. The number of carbonyl (C=O) groups excluding carboxylic acids is 2. The van der Waals surface area contributed by atoms with Gasteiger partial charge < -0.3 is 14.5 Å². The van der Waals surface area contributed by atoms with Gasteiger partial charge in [-0.05, 0) is 31.2 Å². The Morgan fingerprint density at radius 3 is 2.46 bits per heavy atom. The van der Waals surface area contributed by atoms with Crippen molar-refractivity contribution in [2.75, 3.05) is 25.1 Å². The number of nitrogens with zero attached hydrogens (tertiary/aromatic N) is 2. The van der Waals surface area contributed by atoms with E-state index in [9.17, 15) is 14.4 Å². The van der Waals surface area contributed by atoms with E-state index in [0.717, 1.165) is 5.69 Å². The summed E-state index contributed by atoms with van der Waals surface area (Å²) >= 11 is 0. The van der Waals surface area contributed by atoms with Crippen molar-refractivity contribution < 1.29 is 14.3 Å². The SMILES string of the molecule is COc1ccc(N2CCN(C(=O)c3cc(=O)[nH][nH]3)[C@H](C)C2=O)cc1. The molecule has 3 rings (SSSR count). The number of rotatable bonds is 3. The summed E-state index contributed by atoms with van der Waals surface area (Å²) in [6.45, 7) is 2.45. The number of aromatic amines is 2. The topological polar surface area (TPSA) is 98.5 Å². The third kappa shape index (κ3) is 2.78. The molecule has 8 nitrogen and oxygen atoms in total. The molecular formula is C16H18N4O4. The molecule has 126 valence electrons. The molecule has 24 heavy (non-hydrogen) atoms. The summed E-state index contributed by atoms with van der Waals surface area (Å²) < 4.78 is 5.12. The van der Waals surface area contributed by atoms with Gasteiger partial charge in [0.1, 0.15) is 17.5 Å². The Morgan fingerprint density at radius 2 is 1.88 bits per heavy atom. The lowest BCUT2D eigenvalue weighted by Gasteiger charge is -2.38. The van der Waals surface area contributed by atoms with Gasteiger partial charge in [-0.25, -0.2) is 0 Å². The van der Waals surface area contributed by atoms with Crippen LogP contribution in [-0.4, -0.2) is 53.2 Å². The zero-order valence-electron chi connectivity index (χ0n) is 13.4. The summed E-state index contributed by atoms with van der Waals surface area (Å²) in [6.07, 6.45) is 0. The molecule has 0 spiro atoms. The highest BCUT2D eigenvalue weighted by molar-refractivity contribution is 6.02. The van der Waals surface area contributed by atoms with Crippen LogP contribution in [0.15, 0.2) is 35.1 Å². The van der Waals surface area contributed by atoms with E-state index >= 15 is 0 Å². The van der Waals surface area contributed by atoms with Crippen molar-refractivity contribution in [3.63, 3.8) is 0 Å². The number of ether oxygens (including phenoxy) is 1. The van der Waals surface area contributed by atoms with Crippen LogP contribution in [0.4, 0.5) is 5.69 Å². The first-order chi connectivity index (χ1) is 11.5. The largest absolute Gasteiger partial charge is 0.497 e. The Balaban J connectivity index is 1.77. The van der Waals surface area contributed by atoms with Crippen LogP contribution in [0.5, 0.6) is 5.75 Å². The van der Waals surface area contributed by atoms with Crippen LogP contribution in [0, 0.1) is 0 Å². The Hall–Kier alpha value is -3.03. The molecule has 2 amide bonds. The molecule has 0 bridgehead atoms. The summed E-state index contributed by atoms with van der Waals surface area (Å²) in [6, 6.07) is 7.77. The van der Waals surface area contributed by atoms with Crippen molar-refractivity contribution in [2.45, 2.75) is 13.0 Å². The average molecular weight is 330 g/mol. The zero-order chi connectivity index (χ0) is 17.3. The fourth-order valence-electron chi connectivity index (χ4n) is 2.77. The predicted molar refractivity (Wildman–Crippen MR) is 87.3 cm³/mol. The Morgan fingerprint density at radius 1 is 1.17 bits per heavy atom. The quantitative estimate of drug-likeness (QED) is 0.860. The number of nitrogens with one attached hydrogen (secondary N) is 2. The van der Waals surface area contributed by atoms with Crippen molar-refractivity contribution in [1.82, 2.24) is 15.1 Å². The molecule has 0 saturated carbocycles. The minimum atomic E-state index is -0.619. The van der Waals surface area contributed by atoms with Crippen LogP contribution in [0.1, 0.15) is 17.4 Å². The number of piperazine rings is 1. The van der Waals surface area contributed by atoms with Crippen LogP contribution in [0.25, 0.3) is 0 Å². The van der Waals surface area contributed by atoms with Gasteiger partial charge in [0.25, 0.3) is 11.5 Å². The fourth-order valence-corrected chi connectivity index (χ4v) is 2.77. The molecule has 0 unspecified atom stereocenters. The minimum absolute atomic E-state index is 0.151. The highest BCUT2D eigenvalue weighted by Gasteiger charge is 2.35. The normalized spacial score (nSPS) is 17.9. The molecule has 1 atom stereocenters. The Labute approximate surface area is 138 Å². The maximum Gasteiger partial charge on any atom is 0.272 e. The molecule has 2 N–H and O–H groups in total. The molecule has 1 aromatic heterocycles. The third-order valence-electron chi connectivity index (χ3n) is 4.13. The summed E-state index contributed by atoms with van der Waals surface area (Å²) in [5.41, 5.74) is 0.529. The lowest BCUT2D eigenvalue weighted by Crippen LogP contribution is -2.57. The second kappa shape index (κ2) is 6.23. The van der Waals surface area contributed by atoms with Gasteiger partial charge in [0.2, 0.25) is 5.91 Å². The summed E-state index contributed by atoms with van der Waals surface area (Å²) in [7, 11) is 1.58. The van der Waals surface area contributed by atoms with E-state index in [2.05, 4.69) is 10.2 Å². The second-order valence-corrected chi connectivity index (χ2v) is 5.53. The van der Waals surface area contributed by atoms with E-state index in [0.29, 0.717) is 18.8 Å². The highest BCUT2D eigenvalue weighted by Crippen LogP contribution is 2.23. The third-order valence-corrected chi connectivity index (χ3v) is 4.13. The van der Waals surface area contributed by atoms with E-state index < -0.39 is 6.04 Å². The van der Waals surface area contributed by atoms with Crippen LogP contribution >= 0.6 is 0 Å². The van der Waals surface area contributed by atoms with E-state index in [1.807, 2.05) is 12.1 Å². The molecule has 1 aliphatic heterocycles. The molecular weight excluding hydrogens is 312 g/mol. The first kappa shape index (κ1) is 15.9. The molecule has 8 heteroatoms. The van der Waals surface area contributed by atoms with Crippen molar-refractivity contribution >= 4 is 17.5 Å². The molecule has 1 aliphatic rings. The number of aromatic nitrogens is 2. The molecule has 2 aromatic rings. The summed E-state index contributed by atoms with van der Waals surface area (Å²) in [4.78, 5) is 39.4. The van der Waals surface area contributed by atoms with Crippen molar-refractivity contribution in [3.05, 3.63) is 46.4 Å². The monoisotopic (exact) mass is 330 g/mol. The van der Waals surface area contributed by atoms with E-state index in [1.165, 1.54) is 11.0 Å². The standard InChI is InChI=1S/C16H18N4O4/c1-10-15(22)20(11-3-5-12(24-2)6-4-11)8-7-19(10)16(23)13-9-14(21)18-17-13/h3-6,9-10H,7-8H2,1-2H3,(H2,17,18,21)/t10-/m1/s1. The Bertz CT molecular complexity index is 808. The lowest BCUT2D eigenvalue weighted by molar-refractivity contribution is -0.124. The van der Waals surface area contributed by atoms with E-state index in [1.54, 1.807) is 31.1 Å². The Kier molecular flexibility index (Phi) is 4.11. The summed E-state index contributed by atoms with van der Waals surface area (Å²) in [5, 5.41) is 4.85. The first-order valence-electron chi connectivity index (χ1n) is 7.55. The number of benzene rings is 1. The first-order valence-corrected chi connectivity index (χ1v) is 7.55. The fraction of sp³-hybridized carbons (Fsp3) is 0.312. The van der Waals surface area contributed by atoms with Crippen LogP contribution < -0.4 is 15.2 Å². The highest BCUT2D eigenvalue weighted by atomic mass is 16.5. The number of H-pyrrole nitrogens is 2. The molecule has 1 aromatic carbocycles. The molecule has 0 radical (unpaired) electrons. The van der Waals surface area contributed by atoms with E-state index in [-0.39, 0.29) is 23.1 Å². The number of hydrogen-bond donors (Lipinski definition) is 2. The van der Waals surface area contributed by atoms with Gasteiger partial charge in [-0.15, -0.1) is 0 Å². The number of carbonyl (C=O) groups is 2. The van der Waals surface area contributed by atoms with E-state index in [4.69, 9.17) is 4.74 Å². The van der Waals surface area contributed by atoms with Gasteiger partial charge in [-0.2, -0.15) is 0 Å². The van der Waals surface area contributed by atoms with Crippen LogP contribution in [0.2, 0.25) is 0 Å². The maximum atomic E-state index is 12.7. The molecule has 0 aliphatic carbocycles. The van der Waals surface area contributed by atoms with Crippen LogP contribution in [0.3, 0.4) is 0 Å². The van der Waals surface area contributed by atoms with Gasteiger partial charge in [0.15, 0.2) is 0 Å². The van der Waals surface area contributed by atoms with Gasteiger partial charge in [-0.1, -0.05) is 0 Å². The number of anilines is 1. The number of methoxy groups -OCH3 is 1. The smallest absolute Gasteiger partial charge is 0.272 e. The maximum absolute atomic E-state index is 12.7. The van der Waals surface area contributed by atoms with Crippen molar-refractivity contribution in [2.24, 2.45) is 0 Å². The van der Waals surface area contributed by atoms with Crippen molar-refractivity contribution in [3.8, 4) is 5.75 Å². The number of hydrogen-bond acceptors (Lipinski definition) is 4. The van der Waals surface area contributed by atoms with Gasteiger partial charge in [-0.3, -0.25) is 24.6 Å². The molecule has 1 saturated heterocycles. The van der Waals surface area contributed by atoms with Crippen LogP contribution in [-0.2, 0) is 4.79 Å². The summed E-state index contributed by atoms with van der Waals surface area (Å²) in [5.74, 6) is 0.172. The van der Waals surface area contributed by atoms with Gasteiger partial charge in [0.05, 0.1) is 7.11 Å². The average Bonchev–Trinajstić information content (AvgIpc) is 3.03. The second-order valence-electron chi connectivity index (χ2n) is 5.53. The van der Waals surface area contributed by atoms with Crippen molar-refractivity contribution in [1.29, 1.82) is 0 Å². The van der Waals surface area contributed by atoms with Gasteiger partial charge >= 0.3 is 0 Å². The van der Waals surface area contributed by atoms with Gasteiger partial charge in [0, 0.05) is 24.8 Å². The molecule has 1 fully saturated rings.